The van der Waals surface area contributed by atoms with Gasteiger partial charge in [-0.3, -0.25) is 0 Å². The number of halogens is 1. The van der Waals surface area contributed by atoms with Crippen LogP contribution in [0.15, 0.2) is 0 Å². The zero-order valence-corrected chi connectivity index (χ0v) is 6.88. The van der Waals surface area contributed by atoms with Gasteiger partial charge in [0.2, 0.25) is 6.17 Å². The van der Waals surface area contributed by atoms with E-state index in [9.17, 15) is 9.18 Å². The zero-order valence-electron chi connectivity index (χ0n) is 6.88. The first-order valence-electron chi connectivity index (χ1n) is 3.71. The lowest BCUT2D eigenvalue weighted by Gasteiger charge is -2.17. The van der Waals surface area contributed by atoms with Crippen molar-refractivity contribution in [3.63, 3.8) is 0 Å². The summed E-state index contributed by atoms with van der Waals surface area (Å²) >= 11 is 0. The minimum atomic E-state index is -1.75. The van der Waals surface area contributed by atoms with E-state index in [0.717, 1.165) is 0 Å². The highest BCUT2D eigenvalue weighted by Gasteiger charge is 2.17. The lowest BCUT2D eigenvalue weighted by molar-refractivity contribution is -0.143. The molecule has 0 aliphatic rings. The van der Waals surface area contributed by atoms with Crippen molar-refractivity contribution in [3.8, 4) is 0 Å². The fraction of sp³-hybridized carbons (Fsp3) is 0.857. The third-order valence-corrected chi connectivity index (χ3v) is 1.58. The predicted octanol–water partition coefficient (Wildman–Crippen LogP) is 0.751. The number of rotatable bonds is 5. The second-order valence-electron chi connectivity index (χ2n) is 2.29. The summed E-state index contributed by atoms with van der Waals surface area (Å²) in [7, 11) is 0. The minimum absolute atomic E-state index is 0.0116. The van der Waals surface area contributed by atoms with Crippen LogP contribution in [0, 0.1) is 0 Å². The number of nitrogens with zero attached hydrogens (tertiary/aromatic N) is 1. The molecule has 0 radical (unpaired) electrons. The normalized spacial score (nSPS) is 13.5. The molecule has 66 valence electrons. The number of carbonyl (C=O) groups is 1. The summed E-state index contributed by atoms with van der Waals surface area (Å²) in [6, 6.07) is 0. The maximum Gasteiger partial charge on any atom is 0.339 e. The first kappa shape index (κ1) is 10.4. The summed E-state index contributed by atoms with van der Waals surface area (Å²) in [6.45, 7) is 5.10. The van der Waals surface area contributed by atoms with E-state index >= 15 is 0 Å². The highest BCUT2D eigenvalue weighted by Crippen LogP contribution is 1.96. The summed E-state index contributed by atoms with van der Waals surface area (Å²) in [5, 5.41) is 8.22. The Morgan fingerprint density at radius 1 is 1.55 bits per heavy atom. The predicted molar refractivity (Wildman–Crippen MR) is 40.3 cm³/mol. The van der Waals surface area contributed by atoms with Crippen LogP contribution in [0.5, 0.6) is 0 Å². The Morgan fingerprint density at radius 2 is 2.00 bits per heavy atom. The highest BCUT2D eigenvalue weighted by molar-refractivity contribution is 5.72. The SMILES string of the molecule is CCN(CC)C[C@@H](F)C(=O)O. The standard InChI is InChI=1S/C7H14FNO2/c1-3-9(4-2)5-6(8)7(10)11/h6H,3-5H2,1-2H3,(H,10,11)/t6-/m1/s1. The lowest BCUT2D eigenvalue weighted by atomic mass is 10.3. The molecule has 0 heterocycles. The van der Waals surface area contributed by atoms with E-state index in [1.807, 2.05) is 13.8 Å². The zero-order chi connectivity index (χ0) is 8.85. The molecule has 0 saturated carbocycles. The molecule has 0 aromatic heterocycles. The molecule has 11 heavy (non-hydrogen) atoms. The van der Waals surface area contributed by atoms with Crippen LogP contribution < -0.4 is 0 Å². The van der Waals surface area contributed by atoms with Crippen molar-refractivity contribution < 1.29 is 14.3 Å². The van der Waals surface area contributed by atoms with Crippen molar-refractivity contribution in [1.29, 1.82) is 0 Å². The minimum Gasteiger partial charge on any atom is -0.479 e. The maximum absolute atomic E-state index is 12.5. The number of carboxylic acid groups (broad SMARTS) is 1. The molecule has 0 aliphatic carbocycles. The molecule has 0 amide bonds. The average molecular weight is 163 g/mol. The Balaban J connectivity index is 3.71. The Kier molecular flexibility index (Phi) is 4.77. The van der Waals surface area contributed by atoms with E-state index in [1.54, 1.807) is 4.90 Å². The topological polar surface area (TPSA) is 40.5 Å². The van der Waals surface area contributed by atoms with E-state index < -0.39 is 12.1 Å². The van der Waals surface area contributed by atoms with Crippen molar-refractivity contribution in [2.24, 2.45) is 0 Å². The van der Waals surface area contributed by atoms with Crippen LogP contribution in [-0.2, 0) is 4.79 Å². The van der Waals surface area contributed by atoms with Gasteiger partial charge in [-0.15, -0.1) is 0 Å². The summed E-state index contributed by atoms with van der Waals surface area (Å²) in [5.41, 5.74) is 0. The molecular formula is C7H14FNO2. The van der Waals surface area contributed by atoms with E-state index in [4.69, 9.17) is 5.11 Å². The Morgan fingerprint density at radius 3 is 2.27 bits per heavy atom. The van der Waals surface area contributed by atoms with Gasteiger partial charge in [-0.2, -0.15) is 0 Å². The van der Waals surface area contributed by atoms with Crippen molar-refractivity contribution in [2.45, 2.75) is 20.0 Å². The van der Waals surface area contributed by atoms with E-state index in [0.29, 0.717) is 13.1 Å². The second kappa shape index (κ2) is 5.07. The van der Waals surface area contributed by atoms with Gasteiger partial charge in [0.15, 0.2) is 0 Å². The summed E-state index contributed by atoms with van der Waals surface area (Å²) < 4.78 is 12.5. The van der Waals surface area contributed by atoms with E-state index in [2.05, 4.69) is 0 Å². The summed E-state index contributed by atoms with van der Waals surface area (Å²) in [4.78, 5) is 11.8. The number of aliphatic carboxylic acids is 1. The number of alkyl halides is 1. The number of carboxylic acids is 1. The van der Waals surface area contributed by atoms with Crippen molar-refractivity contribution in [2.75, 3.05) is 19.6 Å². The van der Waals surface area contributed by atoms with Crippen molar-refractivity contribution in [3.05, 3.63) is 0 Å². The number of hydrogen-bond donors (Lipinski definition) is 1. The van der Waals surface area contributed by atoms with Gasteiger partial charge in [0.05, 0.1) is 0 Å². The van der Waals surface area contributed by atoms with Crippen LogP contribution in [0.4, 0.5) is 4.39 Å². The molecule has 0 aromatic carbocycles. The average Bonchev–Trinajstić information content (AvgIpc) is 1.99. The summed E-state index contributed by atoms with van der Waals surface area (Å²) in [5.74, 6) is -1.38. The third kappa shape index (κ3) is 3.93. The lowest BCUT2D eigenvalue weighted by Crippen LogP contribution is -2.34. The van der Waals surface area contributed by atoms with Gasteiger partial charge in [0.25, 0.3) is 0 Å². The van der Waals surface area contributed by atoms with Gasteiger partial charge >= 0.3 is 5.97 Å². The molecule has 0 bridgehead atoms. The highest BCUT2D eigenvalue weighted by atomic mass is 19.1. The quantitative estimate of drug-likeness (QED) is 0.650. The van der Waals surface area contributed by atoms with Crippen molar-refractivity contribution in [1.82, 2.24) is 4.90 Å². The molecule has 1 atom stereocenters. The van der Waals surface area contributed by atoms with E-state index in [1.165, 1.54) is 0 Å². The summed E-state index contributed by atoms with van der Waals surface area (Å²) in [6.07, 6.45) is -1.75. The third-order valence-electron chi connectivity index (χ3n) is 1.58. The van der Waals surface area contributed by atoms with Crippen LogP contribution in [0.1, 0.15) is 13.8 Å². The molecule has 0 aliphatic heterocycles. The Labute approximate surface area is 65.8 Å². The number of hydrogen-bond acceptors (Lipinski definition) is 2. The molecule has 0 saturated heterocycles. The smallest absolute Gasteiger partial charge is 0.339 e. The van der Waals surface area contributed by atoms with Crippen LogP contribution in [0.25, 0.3) is 0 Å². The van der Waals surface area contributed by atoms with Gasteiger partial charge in [-0.1, -0.05) is 13.8 Å². The molecule has 0 rings (SSSR count). The van der Waals surface area contributed by atoms with Crippen LogP contribution in [0.3, 0.4) is 0 Å². The Bertz CT molecular complexity index is 126. The monoisotopic (exact) mass is 163 g/mol. The fourth-order valence-electron chi connectivity index (χ4n) is 0.787. The van der Waals surface area contributed by atoms with Gasteiger partial charge in [-0.25, -0.2) is 9.18 Å². The molecule has 3 nitrogen and oxygen atoms in total. The van der Waals surface area contributed by atoms with Gasteiger partial charge in [-0.05, 0) is 13.1 Å². The molecule has 4 heteroatoms. The van der Waals surface area contributed by atoms with Crippen LogP contribution in [-0.4, -0.2) is 41.8 Å². The van der Waals surface area contributed by atoms with Gasteiger partial charge < -0.3 is 10.0 Å². The van der Waals surface area contributed by atoms with Crippen LogP contribution in [0.2, 0.25) is 0 Å². The van der Waals surface area contributed by atoms with E-state index in [-0.39, 0.29) is 6.54 Å². The maximum atomic E-state index is 12.5. The fourth-order valence-corrected chi connectivity index (χ4v) is 0.787. The molecule has 0 fully saturated rings. The molecular weight excluding hydrogens is 149 g/mol. The molecule has 0 unspecified atom stereocenters. The first-order valence-corrected chi connectivity index (χ1v) is 3.71. The molecule has 1 N–H and O–H groups in total. The molecule has 0 spiro atoms. The van der Waals surface area contributed by atoms with Crippen molar-refractivity contribution >= 4 is 5.97 Å². The van der Waals surface area contributed by atoms with Gasteiger partial charge in [0.1, 0.15) is 0 Å². The van der Waals surface area contributed by atoms with Gasteiger partial charge in [0, 0.05) is 6.54 Å². The second-order valence-corrected chi connectivity index (χ2v) is 2.29. The largest absolute Gasteiger partial charge is 0.479 e. The Hall–Kier alpha value is -0.640. The van der Waals surface area contributed by atoms with Crippen LogP contribution >= 0.6 is 0 Å². The molecule has 0 aromatic rings. The first-order chi connectivity index (χ1) is 5.11.